The quantitative estimate of drug-likeness (QED) is 0.859. The third-order valence-electron chi connectivity index (χ3n) is 1.94. The lowest BCUT2D eigenvalue weighted by atomic mass is 10.2. The van der Waals surface area contributed by atoms with Crippen molar-refractivity contribution in [3.05, 3.63) is 46.4 Å². The first-order valence-corrected chi connectivity index (χ1v) is 5.43. The maximum Gasteiger partial charge on any atom is 0.275 e. The van der Waals surface area contributed by atoms with Gasteiger partial charge in [0.2, 0.25) is 0 Å². The van der Waals surface area contributed by atoms with Crippen molar-refractivity contribution in [2.24, 2.45) is 0 Å². The van der Waals surface area contributed by atoms with Gasteiger partial charge in [-0.25, -0.2) is 4.98 Å². The number of anilines is 1. The zero-order chi connectivity index (χ0) is 11.4. The smallest absolute Gasteiger partial charge is 0.275 e. The lowest BCUT2D eigenvalue weighted by Crippen LogP contribution is -2.11. The molecule has 5 heteroatoms. The summed E-state index contributed by atoms with van der Waals surface area (Å²) in [6.07, 6.45) is 0. The second-order valence-corrected chi connectivity index (χ2v) is 3.74. The Kier molecular flexibility index (Phi) is 2.94. The lowest BCUT2D eigenvalue weighted by molar-refractivity contribution is 0.102. The maximum absolute atomic E-state index is 11.6. The highest BCUT2D eigenvalue weighted by Gasteiger charge is 2.07. The highest BCUT2D eigenvalue weighted by Crippen LogP contribution is 2.10. The van der Waals surface area contributed by atoms with E-state index in [4.69, 9.17) is 5.26 Å². The molecule has 0 bridgehead atoms. The number of rotatable bonds is 2. The summed E-state index contributed by atoms with van der Waals surface area (Å²) in [6, 6.07) is 8.68. The molecule has 1 N–H and O–H groups in total. The van der Waals surface area contributed by atoms with Crippen LogP contribution in [0.25, 0.3) is 0 Å². The van der Waals surface area contributed by atoms with E-state index in [2.05, 4.69) is 10.3 Å². The van der Waals surface area contributed by atoms with Crippen LogP contribution in [0, 0.1) is 11.3 Å². The van der Waals surface area contributed by atoms with Gasteiger partial charge in [-0.15, -0.1) is 11.3 Å². The minimum atomic E-state index is -0.244. The second-order valence-electron chi connectivity index (χ2n) is 3.02. The van der Waals surface area contributed by atoms with Gasteiger partial charge in [-0.3, -0.25) is 4.79 Å². The van der Waals surface area contributed by atoms with Gasteiger partial charge in [-0.05, 0) is 24.3 Å². The van der Waals surface area contributed by atoms with E-state index < -0.39 is 0 Å². The molecule has 0 saturated heterocycles. The van der Waals surface area contributed by atoms with Gasteiger partial charge >= 0.3 is 0 Å². The number of hydrogen-bond donors (Lipinski definition) is 1. The summed E-state index contributed by atoms with van der Waals surface area (Å²) in [5.74, 6) is -0.244. The third-order valence-corrected chi connectivity index (χ3v) is 2.52. The van der Waals surface area contributed by atoms with Crippen molar-refractivity contribution in [3.63, 3.8) is 0 Å². The van der Waals surface area contributed by atoms with E-state index in [9.17, 15) is 4.79 Å². The Labute approximate surface area is 96.2 Å². The van der Waals surface area contributed by atoms with Crippen LogP contribution in [0.2, 0.25) is 0 Å². The molecule has 0 aliphatic carbocycles. The van der Waals surface area contributed by atoms with Crippen molar-refractivity contribution >= 4 is 22.9 Å². The van der Waals surface area contributed by atoms with Crippen LogP contribution < -0.4 is 5.32 Å². The largest absolute Gasteiger partial charge is 0.321 e. The van der Waals surface area contributed by atoms with Gasteiger partial charge < -0.3 is 5.32 Å². The standard InChI is InChI=1S/C11H7N3OS/c12-5-8-1-3-9(4-2-8)14-11(15)10-6-16-7-13-10/h1-4,6-7H,(H,14,15). The zero-order valence-corrected chi connectivity index (χ0v) is 8.99. The molecule has 78 valence electrons. The molecule has 2 rings (SSSR count). The molecule has 1 heterocycles. The number of carbonyl (C=O) groups is 1. The molecular weight excluding hydrogens is 222 g/mol. The zero-order valence-electron chi connectivity index (χ0n) is 8.18. The summed E-state index contributed by atoms with van der Waals surface area (Å²) >= 11 is 1.37. The van der Waals surface area contributed by atoms with Gasteiger partial charge in [0.05, 0.1) is 17.1 Å². The molecule has 0 atom stereocenters. The number of aromatic nitrogens is 1. The van der Waals surface area contributed by atoms with Gasteiger partial charge in [0, 0.05) is 11.1 Å². The Morgan fingerprint density at radius 2 is 2.12 bits per heavy atom. The number of hydrogen-bond acceptors (Lipinski definition) is 4. The summed E-state index contributed by atoms with van der Waals surface area (Å²) in [5, 5.41) is 13.0. The Bertz CT molecular complexity index is 525. The lowest BCUT2D eigenvalue weighted by Gasteiger charge is -2.02. The topological polar surface area (TPSA) is 65.8 Å². The van der Waals surface area contributed by atoms with Gasteiger partial charge in [0.15, 0.2) is 0 Å². The van der Waals surface area contributed by atoms with Crippen LogP contribution in [0.15, 0.2) is 35.2 Å². The number of carbonyl (C=O) groups excluding carboxylic acids is 1. The van der Waals surface area contributed by atoms with Crippen molar-refractivity contribution in [3.8, 4) is 6.07 Å². The van der Waals surface area contributed by atoms with Crippen LogP contribution in [0.1, 0.15) is 16.1 Å². The second kappa shape index (κ2) is 4.55. The average molecular weight is 229 g/mol. The van der Waals surface area contributed by atoms with E-state index in [0.29, 0.717) is 16.9 Å². The van der Waals surface area contributed by atoms with Gasteiger partial charge in [-0.2, -0.15) is 5.26 Å². The van der Waals surface area contributed by atoms with E-state index in [0.717, 1.165) is 0 Å². The Morgan fingerprint density at radius 3 is 2.69 bits per heavy atom. The molecule has 2 aromatic rings. The molecule has 4 nitrogen and oxygen atoms in total. The van der Waals surface area contributed by atoms with E-state index in [1.165, 1.54) is 11.3 Å². The van der Waals surface area contributed by atoms with E-state index in [-0.39, 0.29) is 5.91 Å². The Hall–Kier alpha value is -2.19. The van der Waals surface area contributed by atoms with Crippen LogP contribution in [-0.4, -0.2) is 10.9 Å². The fourth-order valence-electron chi connectivity index (χ4n) is 1.15. The normalized spacial score (nSPS) is 9.44. The summed E-state index contributed by atoms with van der Waals surface area (Å²) < 4.78 is 0. The molecule has 16 heavy (non-hydrogen) atoms. The SMILES string of the molecule is N#Cc1ccc(NC(=O)c2cscn2)cc1. The predicted octanol–water partition coefficient (Wildman–Crippen LogP) is 2.27. The Morgan fingerprint density at radius 1 is 1.38 bits per heavy atom. The first kappa shape index (κ1) is 10.3. The van der Waals surface area contributed by atoms with Crippen molar-refractivity contribution in [1.82, 2.24) is 4.98 Å². The minimum absolute atomic E-state index is 0.244. The highest BCUT2D eigenvalue weighted by atomic mass is 32.1. The molecule has 0 aliphatic rings. The maximum atomic E-state index is 11.6. The number of nitrogens with one attached hydrogen (secondary N) is 1. The number of nitriles is 1. The fourth-order valence-corrected chi connectivity index (χ4v) is 1.68. The van der Waals surface area contributed by atoms with Crippen LogP contribution >= 0.6 is 11.3 Å². The first-order valence-electron chi connectivity index (χ1n) is 4.49. The molecule has 0 spiro atoms. The molecule has 0 radical (unpaired) electrons. The minimum Gasteiger partial charge on any atom is -0.321 e. The molecule has 0 unspecified atom stereocenters. The monoisotopic (exact) mass is 229 g/mol. The van der Waals surface area contributed by atoms with Crippen molar-refractivity contribution in [2.75, 3.05) is 5.32 Å². The molecule has 0 saturated carbocycles. The molecule has 1 amide bonds. The van der Waals surface area contributed by atoms with Gasteiger partial charge in [0.1, 0.15) is 5.69 Å². The van der Waals surface area contributed by atoms with E-state index >= 15 is 0 Å². The summed E-state index contributed by atoms with van der Waals surface area (Å²) in [7, 11) is 0. The predicted molar refractivity (Wildman–Crippen MR) is 61.2 cm³/mol. The van der Waals surface area contributed by atoms with Crippen molar-refractivity contribution in [1.29, 1.82) is 5.26 Å². The van der Waals surface area contributed by atoms with Gasteiger partial charge in [-0.1, -0.05) is 0 Å². The van der Waals surface area contributed by atoms with Crippen LogP contribution in [0.4, 0.5) is 5.69 Å². The number of benzene rings is 1. The van der Waals surface area contributed by atoms with Crippen LogP contribution in [0.3, 0.4) is 0 Å². The number of thiazole rings is 1. The highest BCUT2D eigenvalue weighted by molar-refractivity contribution is 7.07. The molecule has 1 aromatic heterocycles. The first-order chi connectivity index (χ1) is 7.79. The Balaban J connectivity index is 2.10. The number of nitrogens with zero attached hydrogens (tertiary/aromatic N) is 2. The summed E-state index contributed by atoms with van der Waals surface area (Å²) in [5.41, 5.74) is 3.21. The molecule has 0 aliphatic heterocycles. The van der Waals surface area contributed by atoms with E-state index in [1.807, 2.05) is 6.07 Å². The van der Waals surface area contributed by atoms with Crippen molar-refractivity contribution in [2.45, 2.75) is 0 Å². The van der Waals surface area contributed by atoms with Crippen LogP contribution in [-0.2, 0) is 0 Å². The fraction of sp³-hybridized carbons (Fsp3) is 0. The molecular formula is C11H7N3OS. The number of amides is 1. The molecule has 0 fully saturated rings. The van der Waals surface area contributed by atoms with Gasteiger partial charge in [0.25, 0.3) is 5.91 Å². The van der Waals surface area contributed by atoms with E-state index in [1.54, 1.807) is 35.2 Å². The summed E-state index contributed by atoms with van der Waals surface area (Å²) in [6.45, 7) is 0. The third kappa shape index (κ3) is 2.24. The van der Waals surface area contributed by atoms with Crippen molar-refractivity contribution < 1.29 is 4.79 Å². The van der Waals surface area contributed by atoms with Crippen LogP contribution in [0.5, 0.6) is 0 Å². The molecule has 1 aromatic carbocycles. The summed E-state index contributed by atoms with van der Waals surface area (Å²) in [4.78, 5) is 15.5. The average Bonchev–Trinajstić information content (AvgIpc) is 2.83.